The smallest absolute Gasteiger partial charge is 0.304 e. The zero-order valence-corrected chi connectivity index (χ0v) is 9.47. The van der Waals surface area contributed by atoms with Gasteiger partial charge in [0.15, 0.2) is 0 Å². The van der Waals surface area contributed by atoms with Crippen molar-refractivity contribution in [2.75, 3.05) is 12.4 Å². The van der Waals surface area contributed by atoms with Gasteiger partial charge in [-0.2, -0.15) is 0 Å². The van der Waals surface area contributed by atoms with Crippen LogP contribution >= 0.6 is 11.8 Å². The molecule has 0 aromatic heterocycles. The van der Waals surface area contributed by atoms with Gasteiger partial charge in [0.25, 0.3) is 0 Å². The second-order valence-electron chi connectivity index (χ2n) is 3.59. The molecule has 0 aromatic rings. The van der Waals surface area contributed by atoms with E-state index >= 15 is 0 Å². The molecule has 0 spiro atoms. The third-order valence-electron chi connectivity index (χ3n) is 2.34. The van der Waals surface area contributed by atoms with E-state index < -0.39 is 24.3 Å². The third kappa shape index (κ3) is 3.91. The lowest BCUT2D eigenvalue weighted by Crippen LogP contribution is -2.49. The number of rotatable bonds is 5. The van der Waals surface area contributed by atoms with Gasteiger partial charge in [-0.25, -0.2) is 0 Å². The standard InChI is InChI=1S/C9H16O6S/c10-4-6-9(14)5(11)3-8(15-6)16-2-1-7(12)13/h5-6,8-11,14H,1-4H2,(H,12,13). The maximum absolute atomic E-state index is 10.3. The molecular formula is C9H16O6S. The van der Waals surface area contributed by atoms with Crippen LogP contribution in [0.25, 0.3) is 0 Å². The lowest BCUT2D eigenvalue weighted by atomic mass is 10.0. The molecule has 0 saturated carbocycles. The van der Waals surface area contributed by atoms with E-state index in [2.05, 4.69) is 0 Å². The van der Waals surface area contributed by atoms with Crippen molar-refractivity contribution in [1.29, 1.82) is 0 Å². The summed E-state index contributed by atoms with van der Waals surface area (Å²) in [6.45, 7) is -0.367. The first-order chi connectivity index (χ1) is 7.54. The molecule has 1 aliphatic rings. The summed E-state index contributed by atoms with van der Waals surface area (Å²) < 4.78 is 5.31. The Hall–Kier alpha value is -0.340. The van der Waals surface area contributed by atoms with Gasteiger partial charge in [-0.1, -0.05) is 0 Å². The van der Waals surface area contributed by atoms with E-state index in [9.17, 15) is 15.0 Å². The fourth-order valence-electron chi connectivity index (χ4n) is 1.45. The van der Waals surface area contributed by atoms with Gasteiger partial charge < -0.3 is 25.2 Å². The van der Waals surface area contributed by atoms with E-state index in [1.165, 1.54) is 11.8 Å². The van der Waals surface area contributed by atoms with Crippen LogP contribution in [0.3, 0.4) is 0 Å². The van der Waals surface area contributed by atoms with E-state index in [-0.39, 0.29) is 24.9 Å². The molecule has 0 aromatic carbocycles. The molecule has 4 atom stereocenters. The summed E-state index contributed by atoms with van der Waals surface area (Å²) in [5.74, 6) is -0.511. The zero-order chi connectivity index (χ0) is 12.1. The number of hydrogen-bond donors (Lipinski definition) is 4. The highest BCUT2D eigenvalue weighted by Gasteiger charge is 2.36. The van der Waals surface area contributed by atoms with Crippen molar-refractivity contribution in [1.82, 2.24) is 0 Å². The SMILES string of the molecule is O=C(O)CCSC1CC(O)C(O)C(CO)O1. The maximum atomic E-state index is 10.3. The molecule has 1 aliphatic heterocycles. The van der Waals surface area contributed by atoms with Crippen molar-refractivity contribution in [3.63, 3.8) is 0 Å². The van der Waals surface area contributed by atoms with Crippen LogP contribution in [-0.4, -0.2) is 62.5 Å². The van der Waals surface area contributed by atoms with Gasteiger partial charge in [-0.3, -0.25) is 4.79 Å². The molecular weight excluding hydrogens is 236 g/mol. The summed E-state index contributed by atoms with van der Waals surface area (Å²) in [5.41, 5.74) is -0.380. The average molecular weight is 252 g/mol. The van der Waals surface area contributed by atoms with Gasteiger partial charge >= 0.3 is 5.97 Å². The number of aliphatic carboxylic acids is 1. The minimum atomic E-state index is -1.08. The van der Waals surface area contributed by atoms with Crippen LogP contribution in [-0.2, 0) is 9.53 Å². The number of thioether (sulfide) groups is 1. The van der Waals surface area contributed by atoms with E-state index in [0.29, 0.717) is 5.75 Å². The quantitative estimate of drug-likeness (QED) is 0.498. The predicted octanol–water partition coefficient (Wildman–Crippen LogP) is -0.977. The minimum Gasteiger partial charge on any atom is -0.481 e. The summed E-state index contributed by atoms with van der Waals surface area (Å²) in [6, 6.07) is 0. The molecule has 4 unspecified atom stereocenters. The van der Waals surface area contributed by atoms with E-state index in [1.54, 1.807) is 0 Å². The number of hydrogen-bond acceptors (Lipinski definition) is 6. The molecule has 16 heavy (non-hydrogen) atoms. The van der Waals surface area contributed by atoms with Crippen LogP contribution in [0.2, 0.25) is 0 Å². The first-order valence-electron chi connectivity index (χ1n) is 5.00. The molecule has 0 aliphatic carbocycles. The second-order valence-corrected chi connectivity index (χ2v) is 4.86. The zero-order valence-electron chi connectivity index (χ0n) is 8.65. The number of carbonyl (C=O) groups is 1. The fraction of sp³-hybridized carbons (Fsp3) is 0.889. The van der Waals surface area contributed by atoms with E-state index in [0.717, 1.165) is 0 Å². The highest BCUT2D eigenvalue weighted by atomic mass is 32.2. The first-order valence-corrected chi connectivity index (χ1v) is 6.05. The summed E-state index contributed by atoms with van der Waals surface area (Å²) >= 11 is 1.27. The lowest BCUT2D eigenvalue weighted by Gasteiger charge is -2.35. The summed E-state index contributed by atoms with van der Waals surface area (Å²) in [6.07, 6.45) is -2.56. The van der Waals surface area contributed by atoms with Gasteiger partial charge in [0.05, 0.1) is 19.1 Å². The molecule has 1 saturated heterocycles. The van der Waals surface area contributed by atoms with Crippen molar-refractivity contribution in [3.8, 4) is 0 Å². The van der Waals surface area contributed by atoms with Gasteiger partial charge in [0, 0.05) is 12.2 Å². The number of carboxylic acids is 1. The van der Waals surface area contributed by atoms with Gasteiger partial charge in [-0.15, -0.1) is 11.8 Å². The number of carboxylic acid groups (broad SMARTS) is 1. The minimum absolute atomic E-state index is 0.0208. The molecule has 1 fully saturated rings. The molecule has 4 N–H and O–H groups in total. The van der Waals surface area contributed by atoms with Crippen LogP contribution in [0, 0.1) is 0 Å². The van der Waals surface area contributed by atoms with Crippen LogP contribution in [0.1, 0.15) is 12.8 Å². The van der Waals surface area contributed by atoms with Crippen LogP contribution < -0.4 is 0 Å². The molecule has 94 valence electrons. The average Bonchev–Trinajstić information content (AvgIpc) is 2.22. The van der Waals surface area contributed by atoms with E-state index in [4.69, 9.17) is 14.9 Å². The highest BCUT2D eigenvalue weighted by Crippen LogP contribution is 2.28. The van der Waals surface area contributed by atoms with Crippen LogP contribution in [0.5, 0.6) is 0 Å². The Morgan fingerprint density at radius 3 is 2.69 bits per heavy atom. The summed E-state index contributed by atoms with van der Waals surface area (Å²) in [7, 11) is 0. The predicted molar refractivity (Wildman–Crippen MR) is 57.1 cm³/mol. The molecule has 1 rings (SSSR count). The Morgan fingerprint density at radius 2 is 2.12 bits per heavy atom. The van der Waals surface area contributed by atoms with Crippen molar-refractivity contribution in [2.45, 2.75) is 36.6 Å². The Kier molecular flexibility index (Phi) is 5.50. The number of aliphatic hydroxyl groups is 3. The molecule has 1 heterocycles. The topological polar surface area (TPSA) is 107 Å². The molecule has 0 radical (unpaired) electrons. The first kappa shape index (κ1) is 13.7. The Morgan fingerprint density at radius 1 is 1.44 bits per heavy atom. The van der Waals surface area contributed by atoms with Gasteiger partial charge in [-0.05, 0) is 0 Å². The molecule has 0 bridgehead atoms. The Bertz CT molecular complexity index is 236. The Labute approximate surface area is 97.2 Å². The second kappa shape index (κ2) is 6.41. The molecule has 0 amide bonds. The largest absolute Gasteiger partial charge is 0.481 e. The van der Waals surface area contributed by atoms with Crippen LogP contribution in [0.15, 0.2) is 0 Å². The fourth-order valence-corrected chi connectivity index (χ4v) is 2.56. The molecule has 7 heteroatoms. The van der Waals surface area contributed by atoms with Gasteiger partial charge in [0.2, 0.25) is 0 Å². The van der Waals surface area contributed by atoms with Crippen molar-refractivity contribution >= 4 is 17.7 Å². The number of ether oxygens (including phenoxy) is 1. The third-order valence-corrected chi connectivity index (χ3v) is 3.45. The molecule has 6 nitrogen and oxygen atoms in total. The van der Waals surface area contributed by atoms with E-state index in [1.807, 2.05) is 0 Å². The van der Waals surface area contributed by atoms with Crippen molar-refractivity contribution in [3.05, 3.63) is 0 Å². The number of aliphatic hydroxyl groups excluding tert-OH is 3. The lowest BCUT2D eigenvalue weighted by molar-refractivity contribution is -0.157. The highest BCUT2D eigenvalue weighted by molar-refractivity contribution is 7.99. The Balaban J connectivity index is 2.35. The van der Waals surface area contributed by atoms with Crippen LogP contribution in [0.4, 0.5) is 0 Å². The normalized spacial score (nSPS) is 34.9. The van der Waals surface area contributed by atoms with Crippen molar-refractivity contribution < 1.29 is 30.0 Å². The summed E-state index contributed by atoms with van der Waals surface area (Å²) in [4.78, 5) is 10.3. The maximum Gasteiger partial charge on any atom is 0.304 e. The monoisotopic (exact) mass is 252 g/mol. The van der Waals surface area contributed by atoms with Crippen molar-refractivity contribution in [2.24, 2.45) is 0 Å². The van der Waals surface area contributed by atoms with Gasteiger partial charge in [0.1, 0.15) is 17.6 Å². The summed E-state index contributed by atoms with van der Waals surface area (Å²) in [5, 5.41) is 36.3.